The predicted molar refractivity (Wildman–Crippen MR) is 32.5 cm³/mol. The second-order valence-corrected chi connectivity index (χ2v) is 2.24. The summed E-state index contributed by atoms with van der Waals surface area (Å²) in [6.45, 7) is 5.71. The van der Waals surface area contributed by atoms with Gasteiger partial charge in [0.1, 0.15) is 0 Å². The molecule has 0 saturated heterocycles. The number of aliphatic hydroxyl groups is 1. The Kier molecular flexibility index (Phi) is 3.02. The van der Waals surface area contributed by atoms with Crippen LogP contribution in [0.4, 0.5) is 0 Å². The summed E-state index contributed by atoms with van der Waals surface area (Å²) in [5.74, 6) is 0. The van der Waals surface area contributed by atoms with Gasteiger partial charge in [-0.1, -0.05) is 0 Å². The van der Waals surface area contributed by atoms with E-state index in [0.717, 1.165) is 0 Å². The second-order valence-electron chi connectivity index (χ2n) is 2.24. The molecule has 0 aliphatic heterocycles. The van der Waals surface area contributed by atoms with E-state index >= 15 is 0 Å². The zero-order valence-corrected chi connectivity index (χ0v) is 5.48. The maximum atomic E-state index is 8.96. The average Bonchev–Trinajstić information content (AvgIpc) is 1.59. The van der Waals surface area contributed by atoms with E-state index in [4.69, 9.17) is 9.84 Å². The number of methoxy groups -OCH3 is 1. The van der Waals surface area contributed by atoms with Crippen molar-refractivity contribution in [2.24, 2.45) is 0 Å². The molecule has 1 N–H and O–H groups in total. The summed E-state index contributed by atoms with van der Waals surface area (Å²) in [5, 5.41) is 8.96. The van der Waals surface area contributed by atoms with Crippen LogP contribution in [0.1, 0.15) is 13.3 Å². The Morgan fingerprint density at radius 2 is 2.25 bits per heavy atom. The topological polar surface area (TPSA) is 29.5 Å². The first kappa shape index (κ1) is 7.92. The average molecular weight is 117 g/mol. The Labute approximate surface area is 50.5 Å². The lowest BCUT2D eigenvalue weighted by Crippen LogP contribution is -2.20. The lowest BCUT2D eigenvalue weighted by atomic mass is 10.1. The minimum absolute atomic E-state index is 0.566. The van der Waals surface area contributed by atoms with Gasteiger partial charge < -0.3 is 9.84 Å². The molecule has 0 aliphatic carbocycles. The molecule has 0 amide bonds. The molecule has 0 heterocycles. The summed E-state index contributed by atoms with van der Waals surface area (Å²) in [4.78, 5) is 0. The molecule has 1 unspecified atom stereocenters. The molecule has 0 aliphatic rings. The van der Waals surface area contributed by atoms with Gasteiger partial charge in [0.15, 0.2) is 0 Å². The third-order valence-corrected chi connectivity index (χ3v) is 0.845. The van der Waals surface area contributed by atoms with Gasteiger partial charge in [-0.2, -0.15) is 0 Å². The van der Waals surface area contributed by atoms with Gasteiger partial charge in [-0.25, -0.2) is 0 Å². The third kappa shape index (κ3) is 5.92. The van der Waals surface area contributed by atoms with Gasteiger partial charge in [0, 0.05) is 13.7 Å². The quantitative estimate of drug-likeness (QED) is 0.586. The van der Waals surface area contributed by atoms with Gasteiger partial charge in [-0.3, -0.25) is 0 Å². The molecule has 49 valence electrons. The van der Waals surface area contributed by atoms with Crippen LogP contribution in [0.2, 0.25) is 0 Å². The van der Waals surface area contributed by atoms with Gasteiger partial charge >= 0.3 is 0 Å². The van der Waals surface area contributed by atoms with Crippen molar-refractivity contribution >= 4 is 0 Å². The minimum Gasteiger partial charge on any atom is -0.390 e. The lowest BCUT2D eigenvalue weighted by molar-refractivity contribution is 0.0628. The first-order valence-corrected chi connectivity index (χ1v) is 2.63. The van der Waals surface area contributed by atoms with Gasteiger partial charge in [0.25, 0.3) is 0 Å². The van der Waals surface area contributed by atoms with E-state index in [0.29, 0.717) is 13.0 Å². The van der Waals surface area contributed by atoms with Crippen molar-refractivity contribution in [2.45, 2.75) is 18.9 Å². The summed E-state index contributed by atoms with van der Waals surface area (Å²) in [5.41, 5.74) is -0.823. The Morgan fingerprint density at radius 3 is 2.38 bits per heavy atom. The molecule has 0 aromatic heterocycles. The summed E-state index contributed by atoms with van der Waals surface area (Å²) in [6, 6.07) is 0. The number of hydrogen-bond donors (Lipinski definition) is 1. The predicted octanol–water partition coefficient (Wildman–Crippen LogP) is 0.608. The van der Waals surface area contributed by atoms with Crippen molar-refractivity contribution in [1.29, 1.82) is 0 Å². The highest BCUT2D eigenvalue weighted by molar-refractivity contribution is 4.73. The highest BCUT2D eigenvalue weighted by Crippen LogP contribution is 2.04. The monoisotopic (exact) mass is 117 g/mol. The molecule has 0 rings (SSSR count). The lowest BCUT2D eigenvalue weighted by Gasteiger charge is -2.14. The first-order chi connectivity index (χ1) is 3.56. The zero-order valence-electron chi connectivity index (χ0n) is 5.48. The summed E-state index contributed by atoms with van der Waals surface area (Å²) in [6.07, 6.45) is 0.587. The van der Waals surface area contributed by atoms with Crippen molar-refractivity contribution in [3.8, 4) is 0 Å². The van der Waals surface area contributed by atoms with Crippen LogP contribution in [0.15, 0.2) is 0 Å². The fourth-order valence-electron chi connectivity index (χ4n) is 0.322. The van der Waals surface area contributed by atoms with Gasteiger partial charge in [-0.05, 0) is 20.3 Å². The van der Waals surface area contributed by atoms with E-state index in [1.807, 2.05) is 0 Å². The molecular formula is C6H13O2. The SMILES string of the molecule is [CH2]C(C)(O)CCOC. The van der Waals surface area contributed by atoms with Crippen LogP contribution in [0.5, 0.6) is 0 Å². The smallest absolute Gasteiger partial charge is 0.0642 e. The zero-order chi connectivity index (χ0) is 6.62. The molecule has 1 radical (unpaired) electrons. The molecule has 0 saturated carbocycles. The van der Waals surface area contributed by atoms with Crippen LogP contribution in [-0.2, 0) is 4.74 Å². The first-order valence-electron chi connectivity index (χ1n) is 2.63. The van der Waals surface area contributed by atoms with Gasteiger partial charge in [0.2, 0.25) is 0 Å². The molecule has 2 heteroatoms. The van der Waals surface area contributed by atoms with Gasteiger partial charge in [-0.15, -0.1) is 0 Å². The maximum Gasteiger partial charge on any atom is 0.0642 e. The highest BCUT2D eigenvalue weighted by Gasteiger charge is 2.10. The Balaban J connectivity index is 3.11. The molecule has 8 heavy (non-hydrogen) atoms. The molecular weight excluding hydrogens is 104 g/mol. The normalized spacial score (nSPS) is 12.0. The van der Waals surface area contributed by atoms with E-state index in [1.165, 1.54) is 0 Å². The maximum absolute atomic E-state index is 8.96. The number of rotatable bonds is 3. The van der Waals surface area contributed by atoms with Crippen LogP contribution < -0.4 is 0 Å². The van der Waals surface area contributed by atoms with Crippen LogP contribution in [0, 0.1) is 6.92 Å². The highest BCUT2D eigenvalue weighted by atomic mass is 16.5. The number of hydrogen-bond acceptors (Lipinski definition) is 2. The van der Waals surface area contributed by atoms with Crippen molar-refractivity contribution in [2.75, 3.05) is 13.7 Å². The van der Waals surface area contributed by atoms with E-state index in [9.17, 15) is 0 Å². The Morgan fingerprint density at radius 1 is 1.75 bits per heavy atom. The second kappa shape index (κ2) is 3.05. The van der Waals surface area contributed by atoms with E-state index in [1.54, 1.807) is 14.0 Å². The minimum atomic E-state index is -0.823. The third-order valence-electron chi connectivity index (χ3n) is 0.845. The standard InChI is InChI=1S/C6H13O2/c1-6(2,7)4-5-8-3/h7H,1,4-5H2,2-3H3. The molecule has 0 fully saturated rings. The fourth-order valence-corrected chi connectivity index (χ4v) is 0.322. The van der Waals surface area contributed by atoms with Crippen molar-refractivity contribution in [1.82, 2.24) is 0 Å². The van der Waals surface area contributed by atoms with Crippen molar-refractivity contribution < 1.29 is 9.84 Å². The summed E-state index contributed by atoms with van der Waals surface area (Å²) >= 11 is 0. The Bertz CT molecular complexity index is 54.0. The number of ether oxygens (including phenoxy) is 1. The summed E-state index contributed by atoms with van der Waals surface area (Å²) < 4.78 is 4.72. The molecule has 0 spiro atoms. The Hall–Kier alpha value is -0.0800. The van der Waals surface area contributed by atoms with Crippen LogP contribution in [-0.4, -0.2) is 24.4 Å². The van der Waals surface area contributed by atoms with Crippen LogP contribution >= 0.6 is 0 Å². The summed E-state index contributed by atoms with van der Waals surface area (Å²) in [7, 11) is 1.60. The van der Waals surface area contributed by atoms with Gasteiger partial charge in [0.05, 0.1) is 5.60 Å². The largest absolute Gasteiger partial charge is 0.390 e. The van der Waals surface area contributed by atoms with E-state index in [2.05, 4.69) is 6.92 Å². The van der Waals surface area contributed by atoms with Crippen molar-refractivity contribution in [3.63, 3.8) is 0 Å². The molecule has 1 atom stereocenters. The van der Waals surface area contributed by atoms with Crippen LogP contribution in [0.3, 0.4) is 0 Å². The molecule has 0 aromatic carbocycles. The van der Waals surface area contributed by atoms with Crippen molar-refractivity contribution in [3.05, 3.63) is 6.92 Å². The molecule has 0 aromatic rings. The van der Waals surface area contributed by atoms with Crippen LogP contribution in [0.25, 0.3) is 0 Å². The fraction of sp³-hybridized carbons (Fsp3) is 0.833. The molecule has 2 nitrogen and oxygen atoms in total. The van der Waals surface area contributed by atoms with E-state index < -0.39 is 5.60 Å². The van der Waals surface area contributed by atoms with E-state index in [-0.39, 0.29) is 0 Å². The molecule has 0 bridgehead atoms.